The highest BCUT2D eigenvalue weighted by atomic mass is 79.9. The summed E-state index contributed by atoms with van der Waals surface area (Å²) in [6.07, 6.45) is 0.194. The van der Waals surface area contributed by atoms with Crippen molar-refractivity contribution in [2.75, 3.05) is 6.61 Å². The molecule has 4 nitrogen and oxygen atoms in total. The number of pyridine rings is 1. The number of aryl methyl sites for hydroxylation is 1. The Bertz CT molecular complexity index is 663. The minimum atomic E-state index is -0.290. The molecule has 2 aromatic rings. The lowest BCUT2D eigenvalue weighted by molar-refractivity contribution is -0.143. The van der Waals surface area contributed by atoms with Crippen LogP contribution in [0, 0.1) is 0 Å². The predicted octanol–water partition coefficient (Wildman–Crippen LogP) is 2.72. The standard InChI is InChI=1S/C14H14BrNO3/c1-2-19-14(18)7-8-16-12-9-11(15)5-3-10(12)4-6-13(16)17/h3-6,9H,2,7-8H2,1H3. The van der Waals surface area contributed by atoms with Gasteiger partial charge in [-0.25, -0.2) is 0 Å². The summed E-state index contributed by atoms with van der Waals surface area (Å²) in [5, 5.41) is 0.964. The molecular weight excluding hydrogens is 310 g/mol. The molecule has 0 spiro atoms. The lowest BCUT2D eigenvalue weighted by Crippen LogP contribution is -2.21. The zero-order valence-electron chi connectivity index (χ0n) is 10.6. The number of benzene rings is 1. The predicted molar refractivity (Wildman–Crippen MR) is 77.2 cm³/mol. The number of carbonyl (C=O) groups excluding carboxylic acids is 1. The number of aromatic nitrogens is 1. The molecule has 0 saturated carbocycles. The fourth-order valence-corrected chi connectivity index (χ4v) is 2.28. The second-order valence-corrected chi connectivity index (χ2v) is 5.00. The summed E-state index contributed by atoms with van der Waals surface area (Å²) >= 11 is 3.39. The summed E-state index contributed by atoms with van der Waals surface area (Å²) in [6.45, 7) is 2.44. The second-order valence-electron chi connectivity index (χ2n) is 4.08. The molecule has 0 fully saturated rings. The molecular formula is C14H14BrNO3. The monoisotopic (exact) mass is 323 g/mol. The van der Waals surface area contributed by atoms with Gasteiger partial charge < -0.3 is 9.30 Å². The molecule has 100 valence electrons. The SMILES string of the molecule is CCOC(=O)CCn1c(=O)ccc2ccc(Br)cc21. The van der Waals surface area contributed by atoms with Crippen molar-refractivity contribution in [1.29, 1.82) is 0 Å². The van der Waals surface area contributed by atoms with E-state index in [4.69, 9.17) is 4.74 Å². The molecule has 0 N–H and O–H groups in total. The molecule has 0 aliphatic carbocycles. The third kappa shape index (κ3) is 3.23. The number of fused-ring (bicyclic) bond motifs is 1. The van der Waals surface area contributed by atoms with Crippen LogP contribution in [0.15, 0.2) is 39.6 Å². The maximum absolute atomic E-state index is 11.9. The van der Waals surface area contributed by atoms with Crippen molar-refractivity contribution in [3.63, 3.8) is 0 Å². The molecule has 1 heterocycles. The topological polar surface area (TPSA) is 48.3 Å². The van der Waals surface area contributed by atoms with E-state index >= 15 is 0 Å². The molecule has 1 aromatic heterocycles. The van der Waals surface area contributed by atoms with Crippen LogP contribution < -0.4 is 5.56 Å². The molecule has 2 rings (SSSR count). The van der Waals surface area contributed by atoms with Crippen molar-refractivity contribution >= 4 is 32.8 Å². The molecule has 0 aliphatic rings. The Kier molecular flexibility index (Phi) is 4.37. The number of rotatable bonds is 4. The van der Waals surface area contributed by atoms with Crippen molar-refractivity contribution in [2.24, 2.45) is 0 Å². The van der Waals surface area contributed by atoms with E-state index in [-0.39, 0.29) is 17.9 Å². The van der Waals surface area contributed by atoms with Crippen LogP contribution in [0.2, 0.25) is 0 Å². The fraction of sp³-hybridized carbons (Fsp3) is 0.286. The summed E-state index contributed by atoms with van der Waals surface area (Å²) in [5.74, 6) is -0.290. The third-order valence-corrected chi connectivity index (χ3v) is 3.29. The van der Waals surface area contributed by atoms with Gasteiger partial charge in [0.2, 0.25) is 0 Å². The van der Waals surface area contributed by atoms with Gasteiger partial charge in [0, 0.05) is 17.1 Å². The zero-order valence-corrected chi connectivity index (χ0v) is 12.1. The molecule has 0 radical (unpaired) electrons. The number of carbonyl (C=O) groups is 1. The highest BCUT2D eigenvalue weighted by molar-refractivity contribution is 9.10. The summed E-state index contributed by atoms with van der Waals surface area (Å²) in [5.41, 5.74) is 0.695. The largest absolute Gasteiger partial charge is 0.466 e. The van der Waals surface area contributed by atoms with E-state index in [1.165, 1.54) is 6.07 Å². The maximum atomic E-state index is 11.9. The number of nitrogens with zero attached hydrogens (tertiary/aromatic N) is 1. The second kappa shape index (κ2) is 6.02. The lowest BCUT2D eigenvalue weighted by Gasteiger charge is -2.10. The fourth-order valence-electron chi connectivity index (χ4n) is 1.93. The molecule has 0 unspecified atom stereocenters. The Morgan fingerprint density at radius 3 is 2.79 bits per heavy atom. The van der Waals surface area contributed by atoms with Crippen molar-refractivity contribution in [3.8, 4) is 0 Å². The minimum Gasteiger partial charge on any atom is -0.466 e. The van der Waals surface area contributed by atoms with E-state index in [1.54, 1.807) is 17.6 Å². The quantitative estimate of drug-likeness (QED) is 0.813. The molecule has 0 saturated heterocycles. The van der Waals surface area contributed by atoms with E-state index in [0.29, 0.717) is 13.2 Å². The van der Waals surface area contributed by atoms with Crippen LogP contribution in [0.5, 0.6) is 0 Å². The Morgan fingerprint density at radius 1 is 1.32 bits per heavy atom. The normalized spacial score (nSPS) is 10.6. The van der Waals surface area contributed by atoms with Gasteiger partial charge in [-0.1, -0.05) is 22.0 Å². The van der Waals surface area contributed by atoms with Crippen molar-refractivity contribution in [2.45, 2.75) is 19.9 Å². The first-order chi connectivity index (χ1) is 9.11. The van der Waals surface area contributed by atoms with Gasteiger partial charge in [0.15, 0.2) is 0 Å². The van der Waals surface area contributed by atoms with E-state index < -0.39 is 0 Å². The smallest absolute Gasteiger partial charge is 0.307 e. The number of hydrogen-bond acceptors (Lipinski definition) is 3. The van der Waals surface area contributed by atoms with Crippen molar-refractivity contribution in [3.05, 3.63) is 45.2 Å². The molecule has 0 atom stereocenters. The van der Waals surface area contributed by atoms with Crippen LogP contribution in [-0.4, -0.2) is 17.1 Å². The van der Waals surface area contributed by atoms with Gasteiger partial charge in [-0.05, 0) is 30.5 Å². The number of esters is 1. The van der Waals surface area contributed by atoms with E-state index in [1.807, 2.05) is 18.2 Å². The van der Waals surface area contributed by atoms with Crippen LogP contribution in [0.3, 0.4) is 0 Å². The number of hydrogen-bond donors (Lipinski definition) is 0. The van der Waals surface area contributed by atoms with Crippen molar-refractivity contribution in [1.82, 2.24) is 4.57 Å². The summed E-state index contributed by atoms with van der Waals surface area (Å²) in [6, 6.07) is 9.02. The highest BCUT2D eigenvalue weighted by Crippen LogP contribution is 2.18. The van der Waals surface area contributed by atoms with Gasteiger partial charge in [0.25, 0.3) is 5.56 Å². The maximum Gasteiger partial charge on any atom is 0.307 e. The van der Waals surface area contributed by atoms with Gasteiger partial charge in [-0.3, -0.25) is 9.59 Å². The first kappa shape index (κ1) is 13.8. The van der Waals surface area contributed by atoms with E-state index in [9.17, 15) is 9.59 Å². The average molecular weight is 324 g/mol. The van der Waals surface area contributed by atoms with Crippen molar-refractivity contribution < 1.29 is 9.53 Å². The molecule has 5 heteroatoms. The Hall–Kier alpha value is -1.62. The summed E-state index contributed by atoms with van der Waals surface area (Å²) < 4.78 is 7.37. The summed E-state index contributed by atoms with van der Waals surface area (Å²) in [7, 11) is 0. The van der Waals surface area contributed by atoms with Gasteiger partial charge in [0.05, 0.1) is 18.5 Å². The van der Waals surface area contributed by atoms with Crippen LogP contribution >= 0.6 is 15.9 Å². The van der Waals surface area contributed by atoms with Crippen LogP contribution in [-0.2, 0) is 16.1 Å². The Morgan fingerprint density at radius 2 is 2.05 bits per heavy atom. The lowest BCUT2D eigenvalue weighted by atomic mass is 10.2. The Labute approximate surface area is 119 Å². The first-order valence-electron chi connectivity index (χ1n) is 6.06. The number of ether oxygens (including phenoxy) is 1. The molecule has 1 aromatic carbocycles. The number of halogens is 1. The minimum absolute atomic E-state index is 0.116. The van der Waals surface area contributed by atoms with E-state index in [2.05, 4.69) is 15.9 Å². The molecule has 19 heavy (non-hydrogen) atoms. The first-order valence-corrected chi connectivity index (χ1v) is 6.86. The summed E-state index contributed by atoms with van der Waals surface area (Å²) in [4.78, 5) is 23.3. The molecule has 0 bridgehead atoms. The van der Waals surface area contributed by atoms with Gasteiger partial charge in [0.1, 0.15) is 0 Å². The highest BCUT2D eigenvalue weighted by Gasteiger charge is 2.07. The van der Waals surface area contributed by atoms with Crippen LogP contribution in [0.1, 0.15) is 13.3 Å². The van der Waals surface area contributed by atoms with Gasteiger partial charge in [-0.15, -0.1) is 0 Å². The van der Waals surface area contributed by atoms with E-state index in [0.717, 1.165) is 15.4 Å². The Balaban J connectivity index is 2.35. The molecule has 0 amide bonds. The van der Waals surface area contributed by atoms with Gasteiger partial charge in [-0.2, -0.15) is 0 Å². The third-order valence-electron chi connectivity index (χ3n) is 2.80. The van der Waals surface area contributed by atoms with Crippen LogP contribution in [0.25, 0.3) is 10.9 Å². The molecule has 0 aliphatic heterocycles. The average Bonchev–Trinajstić information content (AvgIpc) is 2.38. The van der Waals surface area contributed by atoms with Crippen LogP contribution in [0.4, 0.5) is 0 Å². The van der Waals surface area contributed by atoms with Gasteiger partial charge >= 0.3 is 5.97 Å². The zero-order chi connectivity index (χ0) is 13.8.